The summed E-state index contributed by atoms with van der Waals surface area (Å²) >= 11 is 0. The molecule has 0 aliphatic carbocycles. The fourth-order valence-electron chi connectivity index (χ4n) is 2.49. The fraction of sp³-hybridized carbons (Fsp3) is 0.929. The minimum Gasteiger partial charge on any atom is -0.468 e. The summed E-state index contributed by atoms with van der Waals surface area (Å²) in [6, 6.07) is 0. The molecule has 0 spiro atoms. The smallest absolute Gasteiger partial charge is 0.325 e. The molecular weight excluding hydrogens is 242 g/mol. The van der Waals surface area contributed by atoms with Crippen LogP contribution < -0.4 is 5.73 Å². The van der Waals surface area contributed by atoms with E-state index in [0.29, 0.717) is 6.42 Å². The Morgan fingerprint density at radius 1 is 1.26 bits per heavy atom. The van der Waals surface area contributed by atoms with Gasteiger partial charge in [-0.05, 0) is 59.3 Å². The highest BCUT2D eigenvalue weighted by atomic mass is 16.5. The third-order valence-electron chi connectivity index (χ3n) is 3.88. The molecule has 5 heteroatoms. The van der Waals surface area contributed by atoms with Crippen molar-refractivity contribution in [2.24, 2.45) is 5.73 Å². The van der Waals surface area contributed by atoms with Crippen molar-refractivity contribution in [3.63, 3.8) is 0 Å². The maximum absolute atomic E-state index is 11.4. The van der Waals surface area contributed by atoms with E-state index < -0.39 is 5.54 Å². The Labute approximate surface area is 117 Å². The van der Waals surface area contributed by atoms with Gasteiger partial charge in [0, 0.05) is 13.1 Å². The zero-order chi connectivity index (χ0) is 14.3. The van der Waals surface area contributed by atoms with Gasteiger partial charge in [0.2, 0.25) is 0 Å². The average molecular weight is 271 g/mol. The quantitative estimate of drug-likeness (QED) is 0.569. The number of methoxy groups -OCH3 is 1. The average Bonchev–Trinajstić information content (AvgIpc) is 2.58. The Morgan fingerprint density at radius 2 is 2.00 bits per heavy atom. The Morgan fingerprint density at radius 3 is 2.68 bits per heavy atom. The van der Waals surface area contributed by atoms with E-state index in [9.17, 15) is 4.79 Å². The summed E-state index contributed by atoms with van der Waals surface area (Å²) in [7, 11) is 3.57. The largest absolute Gasteiger partial charge is 0.468 e. The normalized spacial score (nSPS) is 21.7. The number of carbonyl (C=O) groups is 1. The standard InChI is InChI=1S/C14H29N3O2/c1-14(15,13(18)19-3)7-4-5-9-17-10-6-8-16(2)11-12-17/h4-12,15H2,1-3H3. The van der Waals surface area contributed by atoms with Crippen molar-refractivity contribution in [1.82, 2.24) is 9.80 Å². The first kappa shape index (κ1) is 16.4. The van der Waals surface area contributed by atoms with Gasteiger partial charge in [-0.1, -0.05) is 0 Å². The van der Waals surface area contributed by atoms with E-state index >= 15 is 0 Å². The first-order chi connectivity index (χ1) is 8.95. The van der Waals surface area contributed by atoms with Crippen LogP contribution in [0, 0.1) is 0 Å². The summed E-state index contributed by atoms with van der Waals surface area (Å²) in [6.45, 7) is 7.52. The molecule has 0 saturated carbocycles. The molecule has 0 radical (unpaired) electrons. The Balaban J connectivity index is 2.18. The maximum atomic E-state index is 11.4. The molecule has 5 nitrogen and oxygen atoms in total. The number of hydrogen-bond donors (Lipinski definition) is 1. The van der Waals surface area contributed by atoms with Gasteiger partial charge >= 0.3 is 5.97 Å². The molecule has 0 aromatic carbocycles. The van der Waals surface area contributed by atoms with Gasteiger partial charge < -0.3 is 20.3 Å². The highest BCUT2D eigenvalue weighted by molar-refractivity contribution is 5.79. The van der Waals surface area contributed by atoms with Gasteiger partial charge in [-0.2, -0.15) is 0 Å². The number of esters is 1. The van der Waals surface area contributed by atoms with E-state index in [2.05, 4.69) is 16.8 Å². The predicted molar refractivity (Wildman–Crippen MR) is 77.0 cm³/mol. The van der Waals surface area contributed by atoms with Crippen LogP contribution in [0.4, 0.5) is 0 Å². The molecular formula is C14H29N3O2. The van der Waals surface area contributed by atoms with Crippen LogP contribution in [0.1, 0.15) is 32.6 Å². The molecule has 0 aromatic rings. The number of carbonyl (C=O) groups excluding carboxylic acids is 1. The van der Waals surface area contributed by atoms with Crippen LogP contribution in [0.25, 0.3) is 0 Å². The molecule has 0 amide bonds. The van der Waals surface area contributed by atoms with Gasteiger partial charge in [0.05, 0.1) is 7.11 Å². The molecule has 1 unspecified atom stereocenters. The van der Waals surface area contributed by atoms with Gasteiger partial charge in [0.1, 0.15) is 5.54 Å². The third-order valence-corrected chi connectivity index (χ3v) is 3.88. The fourth-order valence-corrected chi connectivity index (χ4v) is 2.49. The number of ether oxygens (including phenoxy) is 1. The van der Waals surface area contributed by atoms with Crippen molar-refractivity contribution in [3.8, 4) is 0 Å². The summed E-state index contributed by atoms with van der Waals surface area (Å²) in [5.74, 6) is -0.316. The van der Waals surface area contributed by atoms with Crippen molar-refractivity contribution >= 4 is 5.97 Å². The summed E-state index contributed by atoms with van der Waals surface area (Å²) < 4.78 is 4.71. The van der Waals surface area contributed by atoms with E-state index in [0.717, 1.165) is 32.5 Å². The van der Waals surface area contributed by atoms with Crippen molar-refractivity contribution in [3.05, 3.63) is 0 Å². The number of nitrogens with two attached hydrogens (primary N) is 1. The van der Waals surface area contributed by atoms with Crippen LogP contribution in [0.3, 0.4) is 0 Å². The highest BCUT2D eigenvalue weighted by Gasteiger charge is 2.28. The SMILES string of the molecule is COC(=O)C(C)(N)CCCCN1CCCN(C)CC1. The summed E-state index contributed by atoms with van der Waals surface area (Å²) in [4.78, 5) is 16.3. The Bertz CT molecular complexity index is 282. The Hall–Kier alpha value is -0.650. The minimum atomic E-state index is -0.840. The second-order valence-corrected chi connectivity index (χ2v) is 5.86. The van der Waals surface area contributed by atoms with Crippen LogP contribution in [-0.2, 0) is 9.53 Å². The lowest BCUT2D eigenvalue weighted by Gasteiger charge is -2.23. The first-order valence-corrected chi connectivity index (χ1v) is 7.24. The van der Waals surface area contributed by atoms with Gasteiger partial charge in [0.15, 0.2) is 0 Å². The van der Waals surface area contributed by atoms with Crippen molar-refractivity contribution < 1.29 is 9.53 Å². The lowest BCUT2D eigenvalue weighted by molar-refractivity contribution is -0.146. The molecule has 1 atom stereocenters. The number of rotatable bonds is 6. The third kappa shape index (κ3) is 5.89. The highest BCUT2D eigenvalue weighted by Crippen LogP contribution is 2.13. The molecule has 1 aliphatic heterocycles. The molecule has 1 heterocycles. The molecule has 1 saturated heterocycles. The topological polar surface area (TPSA) is 58.8 Å². The number of nitrogens with zero attached hydrogens (tertiary/aromatic N) is 2. The lowest BCUT2D eigenvalue weighted by Crippen LogP contribution is -2.45. The van der Waals surface area contributed by atoms with Crippen LogP contribution in [0.2, 0.25) is 0 Å². The predicted octanol–water partition coefficient (Wildman–Crippen LogP) is 0.685. The summed E-state index contributed by atoms with van der Waals surface area (Å²) in [5.41, 5.74) is 5.10. The van der Waals surface area contributed by atoms with Crippen LogP contribution >= 0.6 is 0 Å². The number of likely N-dealkylation sites (N-methyl/N-ethyl adjacent to an activating group) is 1. The molecule has 1 fully saturated rings. The molecule has 0 bridgehead atoms. The van der Waals surface area contributed by atoms with Crippen LogP contribution in [0.5, 0.6) is 0 Å². The molecule has 1 rings (SSSR count). The van der Waals surface area contributed by atoms with Crippen LogP contribution in [-0.4, -0.2) is 68.2 Å². The zero-order valence-corrected chi connectivity index (χ0v) is 12.7. The van der Waals surface area contributed by atoms with E-state index in [1.165, 1.54) is 26.6 Å². The van der Waals surface area contributed by atoms with E-state index in [1.807, 2.05) is 0 Å². The van der Waals surface area contributed by atoms with Crippen molar-refractivity contribution in [1.29, 1.82) is 0 Å². The van der Waals surface area contributed by atoms with E-state index in [1.54, 1.807) is 6.92 Å². The van der Waals surface area contributed by atoms with E-state index in [-0.39, 0.29) is 5.97 Å². The summed E-state index contributed by atoms with van der Waals surface area (Å²) in [5, 5.41) is 0. The zero-order valence-electron chi connectivity index (χ0n) is 12.7. The minimum absolute atomic E-state index is 0.316. The van der Waals surface area contributed by atoms with Gasteiger partial charge in [-0.3, -0.25) is 4.79 Å². The van der Waals surface area contributed by atoms with Gasteiger partial charge in [0.25, 0.3) is 0 Å². The molecule has 1 aliphatic rings. The molecule has 0 aromatic heterocycles. The lowest BCUT2D eigenvalue weighted by atomic mass is 9.96. The van der Waals surface area contributed by atoms with Gasteiger partial charge in [-0.15, -0.1) is 0 Å². The summed E-state index contributed by atoms with van der Waals surface area (Å²) in [6.07, 6.45) is 3.99. The maximum Gasteiger partial charge on any atom is 0.325 e. The Kier molecular flexibility index (Phi) is 6.75. The monoisotopic (exact) mass is 271 g/mol. The first-order valence-electron chi connectivity index (χ1n) is 7.24. The number of hydrogen-bond acceptors (Lipinski definition) is 5. The van der Waals surface area contributed by atoms with Gasteiger partial charge in [-0.25, -0.2) is 0 Å². The van der Waals surface area contributed by atoms with E-state index in [4.69, 9.17) is 10.5 Å². The van der Waals surface area contributed by atoms with Crippen molar-refractivity contribution in [2.45, 2.75) is 38.1 Å². The van der Waals surface area contributed by atoms with Crippen molar-refractivity contribution in [2.75, 3.05) is 46.9 Å². The second-order valence-electron chi connectivity index (χ2n) is 5.86. The van der Waals surface area contributed by atoms with Crippen LogP contribution in [0.15, 0.2) is 0 Å². The number of unbranched alkanes of at least 4 members (excludes halogenated alkanes) is 1. The molecule has 19 heavy (non-hydrogen) atoms. The second kappa shape index (κ2) is 7.82. The molecule has 112 valence electrons. The molecule has 2 N–H and O–H groups in total.